The summed E-state index contributed by atoms with van der Waals surface area (Å²) < 4.78 is 0. The van der Waals surface area contributed by atoms with Crippen molar-refractivity contribution in [3.8, 4) is 0 Å². The van der Waals surface area contributed by atoms with E-state index in [1.165, 1.54) is 10.9 Å². The van der Waals surface area contributed by atoms with Gasteiger partial charge in [0.25, 0.3) is 0 Å². The van der Waals surface area contributed by atoms with Crippen molar-refractivity contribution >= 4 is 7.26 Å². The Morgan fingerprint density at radius 1 is 1.04 bits per heavy atom. The first kappa shape index (κ1) is 22.2. The van der Waals surface area contributed by atoms with Crippen LogP contribution in [0.15, 0.2) is 47.5 Å². The molecule has 0 aliphatic carbocycles. The molecule has 0 aromatic heterocycles. The second-order valence-corrected chi connectivity index (χ2v) is 12.0. The van der Waals surface area contributed by atoms with Crippen molar-refractivity contribution in [2.45, 2.75) is 53.4 Å². The highest BCUT2D eigenvalue weighted by Crippen LogP contribution is 2.58. The average molecular weight is 337 g/mol. The molecule has 0 aromatic rings. The van der Waals surface area contributed by atoms with Crippen LogP contribution < -0.4 is 5.73 Å². The predicted octanol–water partition coefficient (Wildman–Crippen LogP) is 6.60. The highest BCUT2D eigenvalue weighted by atomic mass is 31.2. The van der Waals surface area contributed by atoms with Gasteiger partial charge in [-0.2, -0.15) is 0 Å². The van der Waals surface area contributed by atoms with Crippen LogP contribution in [0.4, 0.5) is 0 Å². The van der Waals surface area contributed by atoms with E-state index in [9.17, 15) is 0 Å². The first-order valence-electron chi connectivity index (χ1n) is 8.93. The summed E-state index contributed by atoms with van der Waals surface area (Å²) in [4.78, 5) is 0. The molecule has 2 N–H and O–H groups in total. The van der Waals surface area contributed by atoms with Crippen LogP contribution in [0.5, 0.6) is 0 Å². The summed E-state index contributed by atoms with van der Waals surface area (Å²) in [5.74, 6) is 1.08. The van der Waals surface area contributed by atoms with Gasteiger partial charge in [0.15, 0.2) is 0 Å². The van der Waals surface area contributed by atoms with Gasteiger partial charge in [-0.1, -0.05) is 52.5 Å². The lowest BCUT2D eigenvalue weighted by molar-refractivity contribution is 0.551. The summed E-state index contributed by atoms with van der Waals surface area (Å²) in [5.41, 5.74) is 9.78. The molecule has 0 rings (SSSR count). The van der Waals surface area contributed by atoms with Crippen LogP contribution in [-0.2, 0) is 0 Å². The minimum Gasteiger partial charge on any atom is -0.399 e. The van der Waals surface area contributed by atoms with Gasteiger partial charge in [0.05, 0.1) is 25.3 Å². The van der Waals surface area contributed by atoms with Crippen LogP contribution in [0.2, 0.25) is 0 Å². The van der Waals surface area contributed by atoms with Gasteiger partial charge in [0, 0.05) is 18.9 Å². The average Bonchev–Trinajstić information content (AvgIpc) is 2.48. The van der Waals surface area contributed by atoms with Crippen LogP contribution in [0.25, 0.3) is 0 Å². The Balaban J connectivity index is 4.95. The Morgan fingerprint density at radius 3 is 1.96 bits per heavy atom. The Bertz CT molecular complexity index is 459. The zero-order valence-corrected chi connectivity index (χ0v) is 17.5. The summed E-state index contributed by atoms with van der Waals surface area (Å²) >= 11 is 0. The van der Waals surface area contributed by atoms with E-state index in [4.69, 9.17) is 5.73 Å². The van der Waals surface area contributed by atoms with E-state index in [-0.39, 0.29) is 0 Å². The van der Waals surface area contributed by atoms with E-state index >= 15 is 0 Å². The number of hydrogen-bond acceptors (Lipinski definition) is 1. The Labute approximate surface area is 146 Å². The van der Waals surface area contributed by atoms with E-state index in [1.54, 1.807) is 0 Å². The molecule has 0 aliphatic heterocycles. The molecular formula is C21H39NP+. The van der Waals surface area contributed by atoms with Gasteiger partial charge in [0.1, 0.15) is 0 Å². The smallest absolute Gasteiger partial charge is 0.0666 e. The lowest BCUT2D eigenvalue weighted by Crippen LogP contribution is -2.09. The maximum absolute atomic E-state index is 6.33. The highest BCUT2D eigenvalue weighted by Gasteiger charge is 2.27. The lowest BCUT2D eigenvalue weighted by Gasteiger charge is -2.21. The maximum Gasteiger partial charge on any atom is 0.0666 e. The molecule has 1 atom stereocenters. The van der Waals surface area contributed by atoms with Crippen LogP contribution in [0.1, 0.15) is 53.4 Å². The van der Waals surface area contributed by atoms with Gasteiger partial charge in [0.2, 0.25) is 0 Å². The van der Waals surface area contributed by atoms with Gasteiger partial charge in [-0.25, -0.2) is 0 Å². The number of hydrogen-bond donors (Lipinski definition) is 1. The maximum atomic E-state index is 6.33. The molecule has 23 heavy (non-hydrogen) atoms. The SMILES string of the molecule is C=C(/C=C\C(N)=C(/CC)C(CC)CC)CC(C)C(=C)[P+](C)(C)C. The molecule has 0 spiro atoms. The van der Waals surface area contributed by atoms with E-state index in [0.29, 0.717) is 11.8 Å². The van der Waals surface area contributed by atoms with Crippen LogP contribution in [-0.4, -0.2) is 20.0 Å². The van der Waals surface area contributed by atoms with Gasteiger partial charge in [-0.15, -0.1) is 0 Å². The molecule has 0 amide bonds. The second kappa shape index (κ2) is 10.1. The summed E-state index contributed by atoms with van der Waals surface area (Å²) in [6.07, 6.45) is 8.45. The number of rotatable bonds is 10. The third-order valence-electron chi connectivity index (χ3n) is 4.73. The number of allylic oxidation sites excluding steroid dienone is 5. The normalized spacial score (nSPS) is 15.0. The Hall–Kier alpha value is -0.810. The molecule has 0 heterocycles. The van der Waals surface area contributed by atoms with Crippen molar-refractivity contribution in [3.63, 3.8) is 0 Å². The fourth-order valence-corrected chi connectivity index (χ4v) is 4.48. The van der Waals surface area contributed by atoms with Crippen molar-refractivity contribution in [1.29, 1.82) is 0 Å². The fraction of sp³-hybridized carbons (Fsp3) is 0.619. The molecule has 0 aromatic carbocycles. The molecular weight excluding hydrogens is 297 g/mol. The largest absolute Gasteiger partial charge is 0.399 e. The van der Waals surface area contributed by atoms with Gasteiger partial charge in [-0.3, -0.25) is 0 Å². The van der Waals surface area contributed by atoms with E-state index < -0.39 is 7.26 Å². The summed E-state index contributed by atoms with van der Waals surface area (Å²) in [5, 5.41) is 1.39. The quantitative estimate of drug-likeness (QED) is 0.353. The van der Waals surface area contributed by atoms with Crippen molar-refractivity contribution < 1.29 is 0 Å². The highest BCUT2D eigenvalue weighted by molar-refractivity contribution is 7.77. The zero-order chi connectivity index (χ0) is 18.2. The Kier molecular flexibility index (Phi) is 9.78. The molecule has 0 radical (unpaired) electrons. The third kappa shape index (κ3) is 7.53. The van der Waals surface area contributed by atoms with Crippen molar-refractivity contribution in [2.24, 2.45) is 17.6 Å². The van der Waals surface area contributed by atoms with Crippen LogP contribution >= 0.6 is 7.26 Å². The standard InChI is InChI=1S/C21H39NP/c1-10-19(11-2)20(12-3)21(22)14-13-16(4)15-17(5)18(6)23(7,8)9/h13-14,17,19H,4,6,10-12,15,22H2,1-3,5,7-9H3/q+1/b14-13-,21-20-. The first-order chi connectivity index (χ1) is 10.6. The molecule has 0 fully saturated rings. The second-order valence-electron chi connectivity index (χ2n) is 7.45. The molecule has 0 saturated heterocycles. The molecule has 2 heteroatoms. The van der Waals surface area contributed by atoms with E-state index in [1.807, 2.05) is 0 Å². The first-order valence-corrected chi connectivity index (χ1v) is 12.1. The summed E-state index contributed by atoms with van der Waals surface area (Å²) in [6.45, 7) is 24.4. The lowest BCUT2D eigenvalue weighted by atomic mass is 9.90. The monoisotopic (exact) mass is 336 g/mol. The summed E-state index contributed by atoms with van der Waals surface area (Å²) in [7, 11) is -0.993. The van der Waals surface area contributed by atoms with Crippen LogP contribution in [0.3, 0.4) is 0 Å². The van der Waals surface area contributed by atoms with Gasteiger partial charge in [-0.05, 0) is 43.3 Å². The van der Waals surface area contributed by atoms with E-state index in [2.05, 4.69) is 73.0 Å². The number of nitrogens with two attached hydrogens (primary N) is 1. The molecule has 1 nitrogen and oxygen atoms in total. The topological polar surface area (TPSA) is 26.0 Å². The van der Waals surface area contributed by atoms with Crippen molar-refractivity contribution in [1.82, 2.24) is 0 Å². The van der Waals surface area contributed by atoms with Gasteiger partial charge >= 0.3 is 0 Å². The van der Waals surface area contributed by atoms with Crippen molar-refractivity contribution in [3.05, 3.63) is 47.5 Å². The fourth-order valence-electron chi connectivity index (χ4n) is 3.06. The predicted molar refractivity (Wildman–Crippen MR) is 111 cm³/mol. The van der Waals surface area contributed by atoms with E-state index in [0.717, 1.165) is 37.0 Å². The van der Waals surface area contributed by atoms with Crippen molar-refractivity contribution in [2.75, 3.05) is 20.0 Å². The third-order valence-corrected chi connectivity index (χ3v) is 6.89. The molecule has 0 aliphatic rings. The van der Waals surface area contributed by atoms with Crippen LogP contribution in [0, 0.1) is 11.8 Å². The minimum atomic E-state index is -0.993. The Morgan fingerprint density at radius 2 is 1.57 bits per heavy atom. The van der Waals surface area contributed by atoms with Gasteiger partial charge < -0.3 is 5.73 Å². The summed E-state index contributed by atoms with van der Waals surface area (Å²) in [6, 6.07) is 0. The minimum absolute atomic E-state index is 0.482. The molecule has 1 unspecified atom stereocenters. The molecule has 132 valence electrons. The molecule has 0 saturated carbocycles. The zero-order valence-electron chi connectivity index (χ0n) is 16.6. The molecule has 0 bridgehead atoms.